The molecule has 0 saturated carbocycles. The summed E-state index contributed by atoms with van der Waals surface area (Å²) in [6.45, 7) is 4.04. The minimum atomic E-state index is -1.41. The number of hydrogen-bond acceptors (Lipinski definition) is 6. The van der Waals surface area contributed by atoms with Crippen LogP contribution < -0.4 is 22.1 Å². The van der Waals surface area contributed by atoms with Crippen molar-refractivity contribution < 1.29 is 29.4 Å². The molecule has 0 aliphatic heterocycles. The van der Waals surface area contributed by atoms with Gasteiger partial charge in [-0.25, -0.2) is 4.79 Å². The molecule has 0 bridgehead atoms. The van der Waals surface area contributed by atoms with Gasteiger partial charge in [0.1, 0.15) is 12.1 Å². The van der Waals surface area contributed by atoms with E-state index in [2.05, 4.69) is 10.6 Å². The second-order valence-electron chi connectivity index (χ2n) is 6.58. The van der Waals surface area contributed by atoms with Crippen LogP contribution in [0.15, 0.2) is 0 Å². The molecule has 0 aliphatic carbocycles. The average molecular weight is 374 g/mol. The normalized spacial score (nSPS) is 14.3. The van der Waals surface area contributed by atoms with Crippen LogP contribution in [0.1, 0.15) is 46.0 Å². The molecule has 0 radical (unpaired) electrons. The molecule has 2 amide bonds. The Kier molecular flexibility index (Phi) is 11.2. The summed E-state index contributed by atoms with van der Waals surface area (Å²) in [5.41, 5.74) is 11.1. The van der Waals surface area contributed by atoms with Crippen molar-refractivity contribution in [2.75, 3.05) is 6.54 Å². The van der Waals surface area contributed by atoms with Crippen LogP contribution >= 0.6 is 0 Å². The van der Waals surface area contributed by atoms with E-state index in [-0.39, 0.29) is 12.3 Å². The Bertz CT molecular complexity index is 497. The van der Waals surface area contributed by atoms with E-state index < -0.39 is 48.3 Å². The number of aliphatic carboxylic acids is 2. The Morgan fingerprint density at radius 1 is 0.962 bits per heavy atom. The number of carboxylic acid groups (broad SMARTS) is 2. The maximum Gasteiger partial charge on any atom is 0.326 e. The summed E-state index contributed by atoms with van der Waals surface area (Å²) >= 11 is 0. The van der Waals surface area contributed by atoms with Crippen LogP contribution in [-0.2, 0) is 19.2 Å². The highest BCUT2D eigenvalue weighted by atomic mass is 16.4. The van der Waals surface area contributed by atoms with Crippen LogP contribution in [0.5, 0.6) is 0 Å². The summed E-state index contributed by atoms with van der Waals surface area (Å²) in [5, 5.41) is 22.7. The van der Waals surface area contributed by atoms with Crippen molar-refractivity contribution in [2.24, 2.45) is 17.4 Å². The molecule has 150 valence electrons. The van der Waals surface area contributed by atoms with Crippen molar-refractivity contribution >= 4 is 23.8 Å². The number of carbonyl (C=O) groups is 4. The van der Waals surface area contributed by atoms with E-state index in [1.165, 1.54) is 0 Å². The molecule has 10 heteroatoms. The largest absolute Gasteiger partial charge is 0.481 e. The minimum Gasteiger partial charge on any atom is -0.481 e. The Morgan fingerprint density at radius 3 is 2.00 bits per heavy atom. The van der Waals surface area contributed by atoms with Crippen LogP contribution in [-0.4, -0.2) is 58.6 Å². The fraction of sp³-hybridized carbons (Fsp3) is 0.750. The lowest BCUT2D eigenvalue weighted by molar-refractivity contribution is -0.143. The zero-order valence-electron chi connectivity index (χ0n) is 15.2. The highest BCUT2D eigenvalue weighted by molar-refractivity contribution is 5.93. The first kappa shape index (κ1) is 23.8. The zero-order chi connectivity index (χ0) is 20.3. The van der Waals surface area contributed by atoms with E-state index in [0.717, 1.165) is 0 Å². The van der Waals surface area contributed by atoms with Gasteiger partial charge >= 0.3 is 11.9 Å². The van der Waals surface area contributed by atoms with Gasteiger partial charge in [-0.1, -0.05) is 20.3 Å². The van der Waals surface area contributed by atoms with Gasteiger partial charge in [0.25, 0.3) is 0 Å². The number of nitrogens with one attached hydrogen (secondary N) is 2. The highest BCUT2D eigenvalue weighted by Gasteiger charge is 2.29. The maximum absolute atomic E-state index is 12.3. The lowest BCUT2D eigenvalue weighted by atomic mass is 10.0. The first-order valence-corrected chi connectivity index (χ1v) is 8.59. The van der Waals surface area contributed by atoms with Gasteiger partial charge < -0.3 is 32.3 Å². The molecule has 0 aromatic heterocycles. The molecule has 26 heavy (non-hydrogen) atoms. The fourth-order valence-electron chi connectivity index (χ4n) is 2.27. The van der Waals surface area contributed by atoms with E-state index >= 15 is 0 Å². The van der Waals surface area contributed by atoms with Gasteiger partial charge in [-0.15, -0.1) is 0 Å². The number of nitrogens with two attached hydrogens (primary N) is 2. The molecule has 0 aliphatic rings. The van der Waals surface area contributed by atoms with Crippen LogP contribution in [0.3, 0.4) is 0 Å². The van der Waals surface area contributed by atoms with Crippen molar-refractivity contribution in [1.29, 1.82) is 0 Å². The fourth-order valence-corrected chi connectivity index (χ4v) is 2.27. The number of amides is 2. The number of unbranched alkanes of at least 4 members (excludes halogenated alkanes) is 1. The average Bonchev–Trinajstić information content (AvgIpc) is 2.52. The summed E-state index contributed by atoms with van der Waals surface area (Å²) in [6.07, 6.45) is 1.15. The van der Waals surface area contributed by atoms with E-state index in [4.69, 9.17) is 16.6 Å². The van der Waals surface area contributed by atoms with Crippen LogP contribution in [0, 0.1) is 5.92 Å². The summed E-state index contributed by atoms with van der Waals surface area (Å²) in [5.74, 6) is -4.08. The topological polar surface area (TPSA) is 185 Å². The first-order chi connectivity index (χ1) is 12.1. The molecular weight excluding hydrogens is 344 g/mol. The van der Waals surface area contributed by atoms with Crippen LogP contribution in [0.4, 0.5) is 0 Å². The maximum atomic E-state index is 12.3. The van der Waals surface area contributed by atoms with E-state index in [1.54, 1.807) is 13.8 Å². The Hall–Kier alpha value is -2.20. The van der Waals surface area contributed by atoms with Crippen molar-refractivity contribution in [3.8, 4) is 0 Å². The Labute approximate surface area is 152 Å². The zero-order valence-corrected chi connectivity index (χ0v) is 15.2. The van der Waals surface area contributed by atoms with Gasteiger partial charge in [0.2, 0.25) is 11.8 Å². The summed E-state index contributed by atoms with van der Waals surface area (Å²) in [4.78, 5) is 46.6. The van der Waals surface area contributed by atoms with Gasteiger partial charge in [-0.3, -0.25) is 14.4 Å². The molecule has 3 atom stereocenters. The number of carbonyl (C=O) groups excluding carboxylic acids is 2. The standard InChI is InChI=1S/C16H30N4O6/c1-9(2)7-12(16(25)26)20-15(24)11(8-13(21)22)19-14(23)10(18)5-3-4-6-17/h9-12H,3-8,17-18H2,1-2H3,(H,19,23)(H,20,24)(H,21,22)(H,25,26). The van der Waals surface area contributed by atoms with E-state index in [0.29, 0.717) is 25.8 Å². The van der Waals surface area contributed by atoms with Gasteiger partial charge in [0, 0.05) is 0 Å². The first-order valence-electron chi connectivity index (χ1n) is 8.59. The predicted molar refractivity (Wildman–Crippen MR) is 94.1 cm³/mol. The number of carboxylic acids is 2. The smallest absolute Gasteiger partial charge is 0.326 e. The molecule has 3 unspecified atom stereocenters. The molecule has 10 nitrogen and oxygen atoms in total. The number of hydrogen-bond donors (Lipinski definition) is 6. The lowest BCUT2D eigenvalue weighted by Gasteiger charge is -2.22. The molecule has 0 rings (SSSR count). The molecule has 0 saturated heterocycles. The summed E-state index contributed by atoms with van der Waals surface area (Å²) in [7, 11) is 0. The van der Waals surface area contributed by atoms with Crippen molar-refractivity contribution in [3.05, 3.63) is 0 Å². The summed E-state index contributed by atoms with van der Waals surface area (Å²) < 4.78 is 0. The van der Waals surface area contributed by atoms with Crippen molar-refractivity contribution in [1.82, 2.24) is 10.6 Å². The van der Waals surface area contributed by atoms with Gasteiger partial charge in [0.05, 0.1) is 12.5 Å². The molecule has 0 heterocycles. The monoisotopic (exact) mass is 374 g/mol. The predicted octanol–water partition coefficient (Wildman–Crippen LogP) is -0.982. The second-order valence-corrected chi connectivity index (χ2v) is 6.58. The van der Waals surface area contributed by atoms with Crippen molar-refractivity contribution in [3.63, 3.8) is 0 Å². The van der Waals surface area contributed by atoms with Crippen LogP contribution in [0.25, 0.3) is 0 Å². The molecule has 0 aromatic carbocycles. The van der Waals surface area contributed by atoms with Crippen molar-refractivity contribution in [2.45, 2.75) is 64.1 Å². The third kappa shape index (κ3) is 9.94. The quantitative estimate of drug-likeness (QED) is 0.222. The second kappa shape index (κ2) is 12.2. The third-order valence-corrected chi connectivity index (χ3v) is 3.64. The molecule has 0 fully saturated rings. The third-order valence-electron chi connectivity index (χ3n) is 3.64. The van der Waals surface area contributed by atoms with E-state index in [1.807, 2.05) is 0 Å². The van der Waals surface area contributed by atoms with Gasteiger partial charge in [-0.05, 0) is 31.7 Å². The van der Waals surface area contributed by atoms with E-state index in [9.17, 15) is 24.3 Å². The van der Waals surface area contributed by atoms with Gasteiger partial charge in [-0.2, -0.15) is 0 Å². The SMILES string of the molecule is CC(C)CC(NC(=O)C(CC(=O)O)NC(=O)C(N)CCCCN)C(=O)O. The van der Waals surface area contributed by atoms with Crippen LogP contribution in [0.2, 0.25) is 0 Å². The molecule has 0 aromatic rings. The van der Waals surface area contributed by atoms with Gasteiger partial charge in [0.15, 0.2) is 0 Å². The molecule has 0 spiro atoms. The number of rotatable bonds is 13. The minimum absolute atomic E-state index is 0.000109. The Morgan fingerprint density at radius 2 is 1.54 bits per heavy atom. The molecule has 8 N–H and O–H groups in total. The summed E-state index contributed by atoms with van der Waals surface area (Å²) in [6, 6.07) is -3.49. The Balaban J connectivity index is 4.94. The lowest BCUT2D eigenvalue weighted by Crippen LogP contribution is -2.55. The molecular formula is C16H30N4O6. The highest BCUT2D eigenvalue weighted by Crippen LogP contribution is 2.06.